The summed E-state index contributed by atoms with van der Waals surface area (Å²) in [4.78, 5) is 32.7. The molecule has 0 aromatic carbocycles. The van der Waals surface area contributed by atoms with Crippen molar-refractivity contribution in [3.05, 3.63) is 24.2 Å². The van der Waals surface area contributed by atoms with Crippen LogP contribution < -0.4 is 10.6 Å². The van der Waals surface area contributed by atoms with E-state index in [1.165, 1.54) is 6.26 Å². The van der Waals surface area contributed by atoms with Crippen LogP contribution in [0.25, 0.3) is 0 Å². The van der Waals surface area contributed by atoms with Gasteiger partial charge in [-0.2, -0.15) is 0 Å². The summed E-state index contributed by atoms with van der Waals surface area (Å²) in [5.74, 6) is 1.11. The van der Waals surface area contributed by atoms with Gasteiger partial charge in [0.05, 0.1) is 12.8 Å². The Balaban J connectivity index is 0.00000392. The summed E-state index contributed by atoms with van der Waals surface area (Å²) < 4.78 is 5.19. The molecule has 2 heterocycles. The molecular formula is C19H32IN5O3. The van der Waals surface area contributed by atoms with E-state index < -0.39 is 0 Å². The fourth-order valence-corrected chi connectivity index (χ4v) is 2.82. The van der Waals surface area contributed by atoms with E-state index in [4.69, 9.17) is 4.42 Å². The van der Waals surface area contributed by atoms with Crippen molar-refractivity contribution in [2.45, 2.75) is 39.7 Å². The lowest BCUT2D eigenvalue weighted by molar-refractivity contribution is -0.121. The van der Waals surface area contributed by atoms with Crippen molar-refractivity contribution in [1.82, 2.24) is 20.4 Å². The molecule has 8 nitrogen and oxygen atoms in total. The number of carbonyl (C=O) groups excluding carboxylic acids is 2. The molecule has 1 aliphatic rings. The highest BCUT2D eigenvalue weighted by atomic mass is 127. The zero-order chi connectivity index (χ0) is 19.6. The van der Waals surface area contributed by atoms with E-state index in [9.17, 15) is 9.59 Å². The monoisotopic (exact) mass is 505 g/mol. The lowest BCUT2D eigenvalue weighted by Crippen LogP contribution is -2.53. The van der Waals surface area contributed by atoms with E-state index in [2.05, 4.69) is 20.5 Å². The normalized spacial score (nSPS) is 15.6. The van der Waals surface area contributed by atoms with Crippen molar-refractivity contribution < 1.29 is 14.0 Å². The second kappa shape index (κ2) is 12.6. The second-order valence-corrected chi connectivity index (χ2v) is 6.62. The Bertz CT molecular complexity index is 628. The Hall–Kier alpha value is -1.78. The smallest absolute Gasteiger partial charge is 0.289 e. The van der Waals surface area contributed by atoms with Crippen molar-refractivity contribution in [2.75, 3.05) is 39.3 Å². The molecule has 0 saturated carbocycles. The predicted octanol–water partition coefficient (Wildman–Crippen LogP) is 1.93. The molecule has 0 spiro atoms. The molecule has 2 N–H and O–H groups in total. The van der Waals surface area contributed by atoms with E-state index in [0.29, 0.717) is 44.9 Å². The van der Waals surface area contributed by atoms with Crippen LogP contribution in [-0.2, 0) is 4.79 Å². The van der Waals surface area contributed by atoms with Gasteiger partial charge in [-0.1, -0.05) is 6.92 Å². The van der Waals surface area contributed by atoms with Crippen LogP contribution in [0.15, 0.2) is 27.8 Å². The molecule has 2 rings (SSSR count). The Kier molecular flexibility index (Phi) is 10.9. The first-order chi connectivity index (χ1) is 13.0. The number of amides is 2. The van der Waals surface area contributed by atoms with Crippen LogP contribution in [0.3, 0.4) is 0 Å². The largest absolute Gasteiger partial charge is 0.459 e. The summed E-state index contributed by atoms with van der Waals surface area (Å²) in [6.45, 7) is 9.85. The van der Waals surface area contributed by atoms with Crippen molar-refractivity contribution in [2.24, 2.45) is 4.99 Å². The minimum Gasteiger partial charge on any atom is -0.459 e. The number of carbonyl (C=O) groups is 2. The minimum atomic E-state index is -0.0803. The average Bonchev–Trinajstić information content (AvgIpc) is 3.21. The van der Waals surface area contributed by atoms with Crippen molar-refractivity contribution in [3.63, 3.8) is 0 Å². The molecule has 9 heteroatoms. The molecule has 0 aliphatic carbocycles. The summed E-state index contributed by atoms with van der Waals surface area (Å²) in [6.07, 6.45) is 2.80. The lowest BCUT2D eigenvalue weighted by Gasteiger charge is -2.36. The molecule has 1 aromatic heterocycles. The number of rotatable bonds is 7. The molecule has 1 fully saturated rings. The maximum atomic E-state index is 12.3. The maximum absolute atomic E-state index is 12.3. The maximum Gasteiger partial charge on any atom is 0.289 e. The van der Waals surface area contributed by atoms with Crippen molar-refractivity contribution in [3.8, 4) is 0 Å². The topological polar surface area (TPSA) is 90.2 Å². The molecule has 0 radical (unpaired) electrons. The highest BCUT2D eigenvalue weighted by molar-refractivity contribution is 14.0. The van der Waals surface area contributed by atoms with Crippen LogP contribution in [0, 0.1) is 0 Å². The molecule has 158 valence electrons. The van der Waals surface area contributed by atoms with Gasteiger partial charge in [-0.3, -0.25) is 14.6 Å². The zero-order valence-electron chi connectivity index (χ0n) is 16.9. The van der Waals surface area contributed by atoms with Gasteiger partial charge in [-0.25, -0.2) is 0 Å². The van der Waals surface area contributed by atoms with E-state index in [1.54, 1.807) is 17.0 Å². The van der Waals surface area contributed by atoms with Crippen LogP contribution in [0.2, 0.25) is 0 Å². The Morgan fingerprint density at radius 2 is 1.89 bits per heavy atom. The Labute approximate surface area is 184 Å². The summed E-state index contributed by atoms with van der Waals surface area (Å²) in [6, 6.07) is 3.59. The number of piperazine rings is 1. The third kappa shape index (κ3) is 7.33. The number of aliphatic imine (C=N–C) groups is 1. The first-order valence-electron chi connectivity index (χ1n) is 9.70. The van der Waals surface area contributed by atoms with Gasteiger partial charge < -0.3 is 24.9 Å². The highest BCUT2D eigenvalue weighted by Crippen LogP contribution is 2.09. The molecule has 1 atom stereocenters. The van der Waals surface area contributed by atoms with Gasteiger partial charge in [0, 0.05) is 45.2 Å². The lowest BCUT2D eigenvalue weighted by atomic mass is 10.2. The third-order valence-electron chi connectivity index (χ3n) is 4.55. The van der Waals surface area contributed by atoms with Gasteiger partial charge in [0.25, 0.3) is 5.91 Å². The third-order valence-corrected chi connectivity index (χ3v) is 4.55. The van der Waals surface area contributed by atoms with Crippen LogP contribution in [0.4, 0.5) is 0 Å². The van der Waals surface area contributed by atoms with E-state index in [1.807, 2.05) is 20.8 Å². The molecule has 2 amide bonds. The first-order valence-corrected chi connectivity index (χ1v) is 9.70. The van der Waals surface area contributed by atoms with Crippen LogP contribution in [-0.4, -0.2) is 72.9 Å². The number of nitrogens with one attached hydrogen (secondary N) is 2. The number of furan rings is 1. The highest BCUT2D eigenvalue weighted by Gasteiger charge is 2.25. The summed E-state index contributed by atoms with van der Waals surface area (Å²) in [5.41, 5.74) is 0. The molecule has 1 saturated heterocycles. The van der Waals surface area contributed by atoms with Gasteiger partial charge >= 0.3 is 0 Å². The van der Waals surface area contributed by atoms with Crippen molar-refractivity contribution in [1.29, 1.82) is 0 Å². The zero-order valence-corrected chi connectivity index (χ0v) is 19.3. The second-order valence-electron chi connectivity index (χ2n) is 6.62. The Morgan fingerprint density at radius 3 is 2.46 bits per heavy atom. The molecule has 1 aromatic rings. The molecule has 1 unspecified atom stereocenters. The molecule has 28 heavy (non-hydrogen) atoms. The summed E-state index contributed by atoms with van der Waals surface area (Å²) >= 11 is 0. The number of hydrogen-bond acceptors (Lipinski definition) is 4. The fraction of sp³-hybridized carbons (Fsp3) is 0.632. The van der Waals surface area contributed by atoms with Gasteiger partial charge in [0.15, 0.2) is 11.7 Å². The molecule has 0 bridgehead atoms. The van der Waals surface area contributed by atoms with Crippen molar-refractivity contribution >= 4 is 41.8 Å². The molecule has 1 aliphatic heterocycles. The number of guanidine groups is 1. The first kappa shape index (κ1) is 24.3. The SMILES string of the molecule is CCNC(=NCCC(=O)NC(C)CC)N1CCN(C(=O)c2ccco2)CC1.I. The fourth-order valence-electron chi connectivity index (χ4n) is 2.82. The van der Waals surface area contributed by atoms with E-state index in [-0.39, 0.29) is 41.8 Å². The molecular weight excluding hydrogens is 473 g/mol. The van der Waals surface area contributed by atoms with Crippen LogP contribution >= 0.6 is 24.0 Å². The van der Waals surface area contributed by atoms with Gasteiger partial charge in [-0.05, 0) is 32.4 Å². The predicted molar refractivity (Wildman–Crippen MR) is 120 cm³/mol. The Morgan fingerprint density at radius 1 is 1.21 bits per heavy atom. The summed E-state index contributed by atoms with van der Waals surface area (Å²) in [5, 5.41) is 6.22. The number of halogens is 1. The standard InChI is InChI=1S/C19H31N5O3.HI/c1-4-15(3)22-17(25)8-9-21-19(20-5-2)24-12-10-23(11-13-24)18(26)16-7-6-14-27-16;/h6-7,14-15H,4-5,8-13H2,1-3H3,(H,20,21)(H,22,25);1H. The quantitative estimate of drug-likeness (QED) is 0.336. The van der Waals surface area contributed by atoms with Gasteiger partial charge in [-0.15, -0.1) is 24.0 Å². The van der Waals surface area contributed by atoms with E-state index in [0.717, 1.165) is 18.9 Å². The minimum absolute atomic E-state index is 0. The average molecular weight is 505 g/mol. The van der Waals surface area contributed by atoms with Gasteiger partial charge in [0.1, 0.15) is 0 Å². The number of nitrogens with zero attached hydrogens (tertiary/aromatic N) is 3. The van der Waals surface area contributed by atoms with Crippen LogP contribution in [0.5, 0.6) is 0 Å². The number of hydrogen-bond donors (Lipinski definition) is 2. The van der Waals surface area contributed by atoms with Crippen LogP contribution in [0.1, 0.15) is 44.2 Å². The van der Waals surface area contributed by atoms with Gasteiger partial charge in [0.2, 0.25) is 5.91 Å². The summed E-state index contributed by atoms with van der Waals surface area (Å²) in [7, 11) is 0. The van der Waals surface area contributed by atoms with E-state index >= 15 is 0 Å².